The van der Waals surface area contributed by atoms with E-state index < -0.39 is 0 Å². The molecule has 0 spiro atoms. The highest BCUT2D eigenvalue weighted by Crippen LogP contribution is 2.33. The number of aromatic nitrogens is 1. The highest BCUT2D eigenvalue weighted by atomic mass is 32.1. The van der Waals surface area contributed by atoms with Gasteiger partial charge in [-0.3, -0.25) is 0 Å². The molecule has 0 N–H and O–H groups in total. The molecule has 1 aromatic heterocycles. The van der Waals surface area contributed by atoms with E-state index in [2.05, 4.69) is 29.7 Å². The Labute approximate surface area is 131 Å². The van der Waals surface area contributed by atoms with Crippen molar-refractivity contribution in [2.24, 2.45) is 5.41 Å². The van der Waals surface area contributed by atoms with Gasteiger partial charge in [-0.1, -0.05) is 18.2 Å². The number of hydrogen-bond acceptors (Lipinski definition) is 4. The van der Waals surface area contributed by atoms with E-state index >= 15 is 0 Å². The summed E-state index contributed by atoms with van der Waals surface area (Å²) in [5.41, 5.74) is 2.07. The summed E-state index contributed by atoms with van der Waals surface area (Å²) < 4.78 is 11.6. The van der Waals surface area contributed by atoms with Gasteiger partial charge in [0.15, 0.2) is 0 Å². The van der Waals surface area contributed by atoms with E-state index in [1.807, 2.05) is 25.1 Å². The molecule has 0 saturated carbocycles. The Bertz CT molecular complexity index is 623. The lowest BCUT2D eigenvalue weighted by Gasteiger charge is -2.35. The van der Waals surface area contributed by atoms with Crippen molar-refractivity contribution in [1.29, 1.82) is 0 Å². The maximum atomic E-state index is 6.14. The third-order valence-corrected chi connectivity index (χ3v) is 4.92. The molecule has 1 aromatic carbocycles. The number of nitrogens with zero attached hydrogens (tertiary/aromatic N) is 1. The Balaban J connectivity index is 1.83. The van der Waals surface area contributed by atoms with E-state index in [9.17, 15) is 0 Å². The summed E-state index contributed by atoms with van der Waals surface area (Å²) in [6, 6.07) is 10.2. The molecule has 1 fully saturated rings. The van der Waals surface area contributed by atoms with Crippen molar-refractivity contribution >= 4 is 23.5 Å². The summed E-state index contributed by atoms with van der Waals surface area (Å²) in [5.74, 6) is 1.69. The second-order valence-electron chi connectivity index (χ2n) is 5.84. The van der Waals surface area contributed by atoms with E-state index in [-0.39, 0.29) is 5.41 Å². The van der Waals surface area contributed by atoms with Gasteiger partial charge in [0, 0.05) is 29.7 Å². The van der Waals surface area contributed by atoms with Crippen LogP contribution < -0.4 is 4.74 Å². The fourth-order valence-corrected chi connectivity index (χ4v) is 3.12. The van der Waals surface area contributed by atoms with Gasteiger partial charge < -0.3 is 9.47 Å². The van der Waals surface area contributed by atoms with Crippen LogP contribution in [0.3, 0.4) is 0 Å². The molecule has 4 heteroatoms. The lowest BCUT2D eigenvalue weighted by atomic mass is 9.83. The minimum atomic E-state index is 0.118. The smallest absolute Gasteiger partial charge is 0.145 e. The van der Waals surface area contributed by atoms with E-state index in [0.717, 1.165) is 54.2 Å². The predicted molar refractivity (Wildman–Crippen MR) is 88.3 cm³/mol. The number of thiol groups is 1. The van der Waals surface area contributed by atoms with Gasteiger partial charge in [-0.25, -0.2) is 4.98 Å². The fraction of sp³-hybridized carbons (Fsp3) is 0.471. The van der Waals surface area contributed by atoms with Crippen molar-refractivity contribution < 1.29 is 9.47 Å². The number of fused-ring (bicyclic) bond motifs is 1. The van der Waals surface area contributed by atoms with Gasteiger partial charge in [0.1, 0.15) is 11.3 Å². The van der Waals surface area contributed by atoms with E-state index in [1.54, 1.807) is 0 Å². The molecule has 21 heavy (non-hydrogen) atoms. The van der Waals surface area contributed by atoms with Gasteiger partial charge >= 0.3 is 0 Å². The van der Waals surface area contributed by atoms with Crippen molar-refractivity contribution in [2.45, 2.75) is 19.8 Å². The lowest BCUT2D eigenvalue weighted by molar-refractivity contribution is 0.00336. The lowest BCUT2D eigenvalue weighted by Crippen LogP contribution is -2.36. The summed E-state index contributed by atoms with van der Waals surface area (Å²) in [5, 5.41) is 1.12. The highest BCUT2D eigenvalue weighted by molar-refractivity contribution is 7.80. The molecule has 0 atom stereocenters. The van der Waals surface area contributed by atoms with Crippen LogP contribution in [0.5, 0.6) is 5.75 Å². The number of ether oxygens (including phenoxy) is 2. The zero-order valence-corrected chi connectivity index (χ0v) is 13.2. The molecule has 0 aliphatic carbocycles. The second kappa shape index (κ2) is 6.24. The molecule has 2 aromatic rings. The van der Waals surface area contributed by atoms with Crippen LogP contribution in [0.2, 0.25) is 0 Å². The molecule has 0 bridgehead atoms. The van der Waals surface area contributed by atoms with Crippen LogP contribution in [-0.2, 0) is 4.74 Å². The largest absolute Gasteiger partial charge is 0.491 e. The molecule has 0 unspecified atom stereocenters. The van der Waals surface area contributed by atoms with Crippen LogP contribution in [0.25, 0.3) is 10.9 Å². The standard InChI is InChI=1S/C17H21NO2S/c1-13-5-6-14-3-2-4-15(16(14)18-13)20-11-17(12-21)7-9-19-10-8-17/h2-6,21H,7-12H2,1H3. The number of benzene rings is 1. The Morgan fingerprint density at radius 3 is 2.81 bits per heavy atom. The quantitative estimate of drug-likeness (QED) is 0.875. The number of hydrogen-bond donors (Lipinski definition) is 1. The molecule has 3 nitrogen and oxygen atoms in total. The van der Waals surface area contributed by atoms with Gasteiger partial charge in [0.25, 0.3) is 0 Å². The molecule has 1 saturated heterocycles. The Morgan fingerprint density at radius 2 is 2.05 bits per heavy atom. The van der Waals surface area contributed by atoms with Crippen LogP contribution in [0, 0.1) is 12.3 Å². The highest BCUT2D eigenvalue weighted by Gasteiger charge is 2.32. The number of aryl methyl sites for hydroxylation is 1. The van der Waals surface area contributed by atoms with Gasteiger partial charge in [0.05, 0.1) is 6.61 Å². The number of rotatable bonds is 4. The average Bonchev–Trinajstić information content (AvgIpc) is 2.54. The van der Waals surface area contributed by atoms with Crippen molar-refractivity contribution in [3.05, 3.63) is 36.0 Å². The third-order valence-electron chi connectivity index (χ3n) is 4.25. The van der Waals surface area contributed by atoms with Crippen LogP contribution >= 0.6 is 12.6 Å². The van der Waals surface area contributed by atoms with Gasteiger partial charge in [-0.15, -0.1) is 0 Å². The zero-order chi connectivity index (χ0) is 14.7. The summed E-state index contributed by atoms with van der Waals surface area (Å²) in [6.07, 6.45) is 2.02. The van der Waals surface area contributed by atoms with E-state index in [0.29, 0.717) is 6.61 Å². The maximum Gasteiger partial charge on any atom is 0.145 e. The van der Waals surface area contributed by atoms with Crippen molar-refractivity contribution in [1.82, 2.24) is 4.98 Å². The first-order chi connectivity index (χ1) is 10.2. The first-order valence-electron chi connectivity index (χ1n) is 7.40. The molecule has 3 rings (SSSR count). The Hall–Kier alpha value is -1.26. The van der Waals surface area contributed by atoms with Gasteiger partial charge in [-0.2, -0.15) is 12.6 Å². The number of pyridine rings is 1. The minimum absolute atomic E-state index is 0.118. The summed E-state index contributed by atoms with van der Waals surface area (Å²) in [6.45, 7) is 4.28. The molecule has 0 radical (unpaired) electrons. The SMILES string of the molecule is Cc1ccc2cccc(OCC3(CS)CCOCC3)c2n1. The van der Waals surface area contributed by atoms with Crippen molar-refractivity contribution in [3.63, 3.8) is 0 Å². The number of para-hydroxylation sites is 1. The molecule has 2 heterocycles. The average molecular weight is 303 g/mol. The normalized spacial score (nSPS) is 17.8. The topological polar surface area (TPSA) is 31.4 Å². The third kappa shape index (κ3) is 3.16. The molecular formula is C17H21NO2S. The van der Waals surface area contributed by atoms with Crippen molar-refractivity contribution in [2.75, 3.05) is 25.6 Å². The monoisotopic (exact) mass is 303 g/mol. The summed E-state index contributed by atoms with van der Waals surface area (Å²) in [7, 11) is 0. The molecule has 0 amide bonds. The molecule has 1 aliphatic heterocycles. The Kier molecular flexibility index (Phi) is 4.36. The maximum absolute atomic E-state index is 6.14. The fourth-order valence-electron chi connectivity index (χ4n) is 2.72. The van der Waals surface area contributed by atoms with Crippen LogP contribution in [0.4, 0.5) is 0 Å². The van der Waals surface area contributed by atoms with Gasteiger partial charge in [0.2, 0.25) is 0 Å². The van der Waals surface area contributed by atoms with E-state index in [4.69, 9.17) is 9.47 Å². The zero-order valence-electron chi connectivity index (χ0n) is 12.3. The van der Waals surface area contributed by atoms with Crippen LogP contribution in [-0.4, -0.2) is 30.6 Å². The van der Waals surface area contributed by atoms with Crippen molar-refractivity contribution in [3.8, 4) is 5.75 Å². The summed E-state index contributed by atoms with van der Waals surface area (Å²) >= 11 is 4.53. The molecular weight excluding hydrogens is 282 g/mol. The first kappa shape index (κ1) is 14.7. The van der Waals surface area contributed by atoms with Crippen LogP contribution in [0.1, 0.15) is 18.5 Å². The molecule has 1 aliphatic rings. The van der Waals surface area contributed by atoms with Crippen LogP contribution in [0.15, 0.2) is 30.3 Å². The molecule has 112 valence electrons. The Morgan fingerprint density at radius 1 is 1.24 bits per heavy atom. The van der Waals surface area contributed by atoms with E-state index in [1.165, 1.54) is 0 Å². The predicted octanol–water partition coefficient (Wildman–Crippen LogP) is 3.65. The summed E-state index contributed by atoms with van der Waals surface area (Å²) in [4.78, 5) is 4.62. The first-order valence-corrected chi connectivity index (χ1v) is 8.03. The van der Waals surface area contributed by atoms with Gasteiger partial charge in [-0.05, 0) is 37.7 Å². The minimum Gasteiger partial charge on any atom is -0.491 e. The second-order valence-corrected chi connectivity index (χ2v) is 6.16.